The Morgan fingerprint density at radius 2 is 1.83 bits per heavy atom. The van der Waals surface area contributed by atoms with Gasteiger partial charge in [-0.3, -0.25) is 4.79 Å². The predicted octanol–water partition coefficient (Wildman–Crippen LogP) is 5.06. The molecule has 2 aromatic carbocycles. The predicted molar refractivity (Wildman–Crippen MR) is 104 cm³/mol. The van der Waals surface area contributed by atoms with Gasteiger partial charge in [0.25, 0.3) is 5.91 Å². The fourth-order valence-electron chi connectivity index (χ4n) is 2.10. The number of carbonyl (C=O) groups excluding carboxylic acids is 1. The molecule has 2 aromatic rings. The molecule has 1 amide bonds. The van der Waals surface area contributed by atoms with Crippen molar-refractivity contribution in [3.05, 3.63) is 68.5 Å². The summed E-state index contributed by atoms with van der Waals surface area (Å²) in [6, 6.07) is 13.1. The molecule has 1 N–H and O–H groups in total. The maximum atomic E-state index is 11.7. The molecule has 1 aliphatic heterocycles. The largest absolute Gasteiger partial charge is 0.486 e. The number of hydrogen-bond acceptors (Lipinski definition) is 4. The average Bonchev–Trinajstić information content (AvgIpc) is 2.85. The third kappa shape index (κ3) is 4.11. The molecule has 0 saturated carbocycles. The monoisotopic (exact) mass is 395 g/mol. The van der Waals surface area contributed by atoms with Crippen LogP contribution in [0.1, 0.15) is 11.1 Å². The van der Waals surface area contributed by atoms with Crippen LogP contribution < -0.4 is 10.1 Å². The molecule has 24 heavy (non-hydrogen) atoms. The molecule has 122 valence electrons. The van der Waals surface area contributed by atoms with Crippen molar-refractivity contribution in [3.8, 4) is 5.75 Å². The molecule has 3 rings (SSSR count). The Balaban J connectivity index is 1.80. The molecule has 1 fully saturated rings. The van der Waals surface area contributed by atoms with Crippen molar-refractivity contribution < 1.29 is 9.53 Å². The number of nitrogens with one attached hydrogen (secondary N) is 1. The van der Waals surface area contributed by atoms with E-state index in [9.17, 15) is 4.79 Å². The summed E-state index contributed by atoms with van der Waals surface area (Å²) in [5.41, 5.74) is 1.72. The lowest BCUT2D eigenvalue weighted by Gasteiger charge is -2.11. The van der Waals surface area contributed by atoms with Crippen molar-refractivity contribution in [2.75, 3.05) is 0 Å². The van der Waals surface area contributed by atoms with Crippen LogP contribution in [-0.2, 0) is 11.4 Å². The number of hydrogen-bond donors (Lipinski definition) is 1. The molecule has 0 atom stereocenters. The number of amides is 1. The van der Waals surface area contributed by atoms with Gasteiger partial charge in [-0.2, -0.15) is 0 Å². The molecule has 7 heteroatoms. The van der Waals surface area contributed by atoms with Gasteiger partial charge in [0.1, 0.15) is 10.9 Å². The molecular formula is C17H11Cl2NO2S2. The maximum absolute atomic E-state index is 11.7. The van der Waals surface area contributed by atoms with Crippen molar-refractivity contribution in [2.45, 2.75) is 6.61 Å². The highest BCUT2D eigenvalue weighted by Crippen LogP contribution is 2.36. The van der Waals surface area contributed by atoms with Crippen molar-refractivity contribution in [1.29, 1.82) is 0 Å². The van der Waals surface area contributed by atoms with E-state index in [1.807, 2.05) is 30.3 Å². The molecule has 0 spiro atoms. The highest BCUT2D eigenvalue weighted by atomic mass is 35.5. The van der Waals surface area contributed by atoms with Crippen LogP contribution in [0.2, 0.25) is 10.0 Å². The number of halogens is 2. The molecule has 0 aromatic heterocycles. The van der Waals surface area contributed by atoms with Gasteiger partial charge < -0.3 is 10.1 Å². The first-order chi connectivity index (χ1) is 11.5. The minimum Gasteiger partial charge on any atom is -0.486 e. The summed E-state index contributed by atoms with van der Waals surface area (Å²) in [7, 11) is 0. The Hall–Kier alpha value is -1.53. The molecule has 3 nitrogen and oxygen atoms in total. The van der Waals surface area contributed by atoms with E-state index in [0.29, 0.717) is 37.2 Å². The van der Waals surface area contributed by atoms with Crippen LogP contribution in [0.25, 0.3) is 6.08 Å². The number of ether oxygens (including phenoxy) is 1. The van der Waals surface area contributed by atoms with Crippen LogP contribution in [0.4, 0.5) is 0 Å². The van der Waals surface area contributed by atoms with Crippen LogP contribution in [0.5, 0.6) is 5.75 Å². The van der Waals surface area contributed by atoms with Gasteiger partial charge in [0.05, 0.1) is 15.0 Å². The Bertz CT molecular complexity index is 815. The lowest BCUT2D eigenvalue weighted by Crippen LogP contribution is -2.17. The number of benzene rings is 2. The zero-order valence-electron chi connectivity index (χ0n) is 12.2. The van der Waals surface area contributed by atoms with E-state index in [-0.39, 0.29) is 5.91 Å². The third-order valence-corrected chi connectivity index (χ3v) is 4.91. The van der Waals surface area contributed by atoms with E-state index in [1.54, 1.807) is 18.2 Å². The number of thioether (sulfide) groups is 1. The first kappa shape index (κ1) is 17.3. The average molecular weight is 396 g/mol. The summed E-state index contributed by atoms with van der Waals surface area (Å²) in [5, 5.41) is 3.33. The molecule has 1 saturated heterocycles. The Morgan fingerprint density at radius 3 is 2.42 bits per heavy atom. The molecule has 0 bridgehead atoms. The Labute approximate surface area is 159 Å². The summed E-state index contributed by atoms with van der Waals surface area (Å²) in [6.07, 6.45) is 1.69. The fraction of sp³-hybridized carbons (Fsp3) is 0.0588. The van der Waals surface area contributed by atoms with Gasteiger partial charge in [-0.05, 0) is 29.3 Å². The zero-order valence-corrected chi connectivity index (χ0v) is 15.4. The van der Waals surface area contributed by atoms with E-state index in [1.165, 1.54) is 11.8 Å². The van der Waals surface area contributed by atoms with Crippen LogP contribution in [-0.4, -0.2) is 10.2 Å². The number of carbonyl (C=O) groups is 1. The van der Waals surface area contributed by atoms with Crippen LogP contribution in [0.15, 0.2) is 47.4 Å². The van der Waals surface area contributed by atoms with E-state index >= 15 is 0 Å². The Morgan fingerprint density at radius 1 is 1.17 bits per heavy atom. The highest BCUT2D eigenvalue weighted by Gasteiger charge is 2.22. The SMILES string of the molecule is O=C1NC(=S)S/C1=C\c1cc(Cl)c(OCc2ccccc2)c(Cl)c1. The second-order valence-corrected chi connectivity index (χ2v) is 7.47. The second-order valence-electron chi connectivity index (χ2n) is 4.94. The minimum atomic E-state index is -0.221. The van der Waals surface area contributed by atoms with Crippen LogP contribution in [0, 0.1) is 0 Å². The van der Waals surface area contributed by atoms with Gasteiger partial charge in [0.15, 0.2) is 5.75 Å². The minimum absolute atomic E-state index is 0.221. The number of thiocarbonyl (C=S) groups is 1. The summed E-state index contributed by atoms with van der Waals surface area (Å²) in [4.78, 5) is 12.2. The molecule has 1 heterocycles. The zero-order chi connectivity index (χ0) is 17.1. The third-order valence-electron chi connectivity index (χ3n) is 3.19. The summed E-state index contributed by atoms with van der Waals surface area (Å²) in [5.74, 6) is 0.199. The summed E-state index contributed by atoms with van der Waals surface area (Å²) in [6.45, 7) is 0.368. The molecule has 0 aliphatic carbocycles. The summed E-state index contributed by atoms with van der Waals surface area (Å²) >= 11 is 18.7. The molecule has 0 radical (unpaired) electrons. The van der Waals surface area contributed by atoms with Crippen molar-refractivity contribution in [3.63, 3.8) is 0 Å². The van der Waals surface area contributed by atoms with Gasteiger partial charge >= 0.3 is 0 Å². The normalized spacial score (nSPS) is 15.7. The fourth-order valence-corrected chi connectivity index (χ4v) is 3.76. The second kappa shape index (κ2) is 7.57. The maximum Gasteiger partial charge on any atom is 0.263 e. The smallest absolute Gasteiger partial charge is 0.263 e. The van der Waals surface area contributed by atoms with E-state index in [2.05, 4.69) is 5.32 Å². The Kier molecular flexibility index (Phi) is 5.46. The van der Waals surface area contributed by atoms with Gasteiger partial charge in [-0.25, -0.2) is 0 Å². The van der Waals surface area contributed by atoms with E-state index < -0.39 is 0 Å². The van der Waals surface area contributed by atoms with Gasteiger partial charge in [-0.15, -0.1) is 0 Å². The molecule has 0 unspecified atom stereocenters. The van der Waals surface area contributed by atoms with Crippen LogP contribution in [0.3, 0.4) is 0 Å². The van der Waals surface area contributed by atoms with Crippen molar-refractivity contribution in [2.24, 2.45) is 0 Å². The number of rotatable bonds is 4. The van der Waals surface area contributed by atoms with Crippen molar-refractivity contribution in [1.82, 2.24) is 5.32 Å². The first-order valence-corrected chi connectivity index (χ1v) is 8.91. The van der Waals surface area contributed by atoms with Crippen molar-refractivity contribution >= 4 is 63.5 Å². The standard InChI is InChI=1S/C17H11Cl2NO2S2/c18-12-6-11(8-14-16(21)20-17(23)24-14)7-13(19)15(12)22-9-10-4-2-1-3-5-10/h1-8H,9H2,(H,20,21,23)/b14-8-. The lowest BCUT2D eigenvalue weighted by atomic mass is 10.2. The molecular weight excluding hydrogens is 385 g/mol. The van der Waals surface area contributed by atoms with Gasteiger partial charge in [0.2, 0.25) is 0 Å². The van der Waals surface area contributed by atoms with E-state index in [0.717, 1.165) is 5.56 Å². The van der Waals surface area contributed by atoms with E-state index in [4.69, 9.17) is 40.2 Å². The summed E-state index contributed by atoms with van der Waals surface area (Å²) < 4.78 is 6.16. The molecule has 1 aliphatic rings. The lowest BCUT2D eigenvalue weighted by molar-refractivity contribution is -0.115. The van der Waals surface area contributed by atoms with Gasteiger partial charge in [0, 0.05) is 0 Å². The van der Waals surface area contributed by atoms with Crippen LogP contribution >= 0.6 is 47.2 Å². The first-order valence-electron chi connectivity index (χ1n) is 6.93. The van der Waals surface area contributed by atoms with Gasteiger partial charge in [-0.1, -0.05) is 77.5 Å². The topological polar surface area (TPSA) is 38.3 Å². The highest BCUT2D eigenvalue weighted by molar-refractivity contribution is 8.26. The quantitative estimate of drug-likeness (QED) is 0.579.